The number of carbonyl (C=O) groups excluding carboxylic acids is 1. The van der Waals surface area contributed by atoms with Crippen LogP contribution in [0.3, 0.4) is 0 Å². The third-order valence-corrected chi connectivity index (χ3v) is 2.45. The molecule has 1 rings (SSSR count). The summed E-state index contributed by atoms with van der Waals surface area (Å²) in [5.74, 6) is 0. The second-order valence-corrected chi connectivity index (χ2v) is 3.67. The highest BCUT2D eigenvalue weighted by molar-refractivity contribution is 5.73. The number of alkyl halides is 1. The number of rotatable bonds is 4. The van der Waals surface area contributed by atoms with Gasteiger partial charge in [-0.15, -0.1) is 0 Å². The highest BCUT2D eigenvalue weighted by Crippen LogP contribution is 2.12. The van der Waals surface area contributed by atoms with Crippen molar-refractivity contribution in [1.29, 1.82) is 0 Å². The Morgan fingerprint density at radius 2 is 1.88 bits per heavy atom. The third-order valence-electron chi connectivity index (χ3n) is 2.45. The zero-order chi connectivity index (χ0) is 12.0. The normalized spacial score (nSPS) is 9.94. The molecule has 0 radical (unpaired) electrons. The molecule has 88 valence electrons. The van der Waals surface area contributed by atoms with Crippen LogP contribution in [0.4, 0.5) is 9.18 Å². The molecule has 2 N–H and O–H groups in total. The fourth-order valence-corrected chi connectivity index (χ4v) is 1.52. The Labute approximate surface area is 95.0 Å². The van der Waals surface area contributed by atoms with Gasteiger partial charge in [0, 0.05) is 13.1 Å². The topological polar surface area (TPSA) is 41.1 Å². The van der Waals surface area contributed by atoms with E-state index in [-0.39, 0.29) is 12.6 Å². The van der Waals surface area contributed by atoms with E-state index in [2.05, 4.69) is 10.6 Å². The first-order valence-electron chi connectivity index (χ1n) is 5.28. The molecule has 0 saturated carbocycles. The fraction of sp³-hybridized carbons (Fsp3) is 0.417. The smallest absolute Gasteiger partial charge is 0.315 e. The van der Waals surface area contributed by atoms with E-state index in [1.54, 1.807) is 0 Å². The van der Waals surface area contributed by atoms with Crippen LogP contribution in [-0.2, 0) is 6.54 Å². The molecule has 0 aliphatic heterocycles. The summed E-state index contributed by atoms with van der Waals surface area (Å²) in [6.45, 7) is 3.99. The minimum Gasteiger partial charge on any atom is -0.336 e. The van der Waals surface area contributed by atoms with Gasteiger partial charge in [0.1, 0.15) is 6.67 Å². The Bertz CT molecular complexity index is 346. The molecule has 2 amide bonds. The van der Waals surface area contributed by atoms with Gasteiger partial charge in [-0.1, -0.05) is 18.2 Å². The minimum absolute atomic E-state index is 0.0542. The van der Waals surface area contributed by atoms with Crippen molar-refractivity contribution in [2.24, 2.45) is 0 Å². The zero-order valence-corrected chi connectivity index (χ0v) is 9.64. The first-order chi connectivity index (χ1) is 7.65. The Morgan fingerprint density at radius 1 is 1.25 bits per heavy atom. The summed E-state index contributed by atoms with van der Waals surface area (Å²) in [6.07, 6.45) is 0. The SMILES string of the molecule is Cc1cccc(C)c1CNC(=O)NCCF. The summed E-state index contributed by atoms with van der Waals surface area (Å²) in [5, 5.41) is 5.12. The Hall–Kier alpha value is -1.58. The van der Waals surface area contributed by atoms with Crippen molar-refractivity contribution < 1.29 is 9.18 Å². The summed E-state index contributed by atoms with van der Waals surface area (Å²) >= 11 is 0. The maximum absolute atomic E-state index is 11.8. The summed E-state index contributed by atoms with van der Waals surface area (Å²) in [4.78, 5) is 11.2. The van der Waals surface area contributed by atoms with E-state index in [9.17, 15) is 9.18 Å². The van der Waals surface area contributed by atoms with Gasteiger partial charge in [-0.25, -0.2) is 9.18 Å². The van der Waals surface area contributed by atoms with Crippen LogP contribution in [0.25, 0.3) is 0 Å². The van der Waals surface area contributed by atoms with Crippen molar-refractivity contribution in [2.75, 3.05) is 13.2 Å². The predicted octanol–water partition coefficient (Wildman–Crippen LogP) is 2.07. The van der Waals surface area contributed by atoms with Crippen LogP contribution in [0.1, 0.15) is 16.7 Å². The molecule has 0 fully saturated rings. The van der Waals surface area contributed by atoms with Crippen LogP contribution < -0.4 is 10.6 Å². The number of nitrogens with one attached hydrogen (secondary N) is 2. The quantitative estimate of drug-likeness (QED) is 0.807. The highest BCUT2D eigenvalue weighted by atomic mass is 19.1. The maximum Gasteiger partial charge on any atom is 0.315 e. The number of amides is 2. The van der Waals surface area contributed by atoms with Crippen molar-refractivity contribution in [3.05, 3.63) is 34.9 Å². The van der Waals surface area contributed by atoms with Crippen LogP contribution in [0.5, 0.6) is 0 Å². The lowest BCUT2D eigenvalue weighted by Crippen LogP contribution is -2.36. The average molecular weight is 224 g/mol. The van der Waals surface area contributed by atoms with Crippen LogP contribution >= 0.6 is 0 Å². The first-order valence-corrected chi connectivity index (χ1v) is 5.28. The molecule has 0 aliphatic rings. The summed E-state index contributed by atoms with van der Waals surface area (Å²) in [7, 11) is 0. The molecule has 16 heavy (non-hydrogen) atoms. The summed E-state index contributed by atoms with van der Waals surface area (Å²) in [6, 6.07) is 5.66. The molecular formula is C12H17FN2O. The maximum atomic E-state index is 11.8. The fourth-order valence-electron chi connectivity index (χ4n) is 1.52. The van der Waals surface area contributed by atoms with E-state index in [0.29, 0.717) is 6.54 Å². The molecule has 0 spiro atoms. The number of benzene rings is 1. The van der Waals surface area contributed by atoms with Gasteiger partial charge in [-0.05, 0) is 30.5 Å². The van der Waals surface area contributed by atoms with Crippen LogP contribution in [0.15, 0.2) is 18.2 Å². The van der Waals surface area contributed by atoms with E-state index in [1.165, 1.54) is 0 Å². The second-order valence-electron chi connectivity index (χ2n) is 3.67. The van der Waals surface area contributed by atoms with Gasteiger partial charge in [0.05, 0.1) is 0 Å². The summed E-state index contributed by atoms with van der Waals surface area (Å²) in [5.41, 5.74) is 3.40. The van der Waals surface area contributed by atoms with Gasteiger partial charge in [0.2, 0.25) is 0 Å². The van der Waals surface area contributed by atoms with Gasteiger partial charge >= 0.3 is 6.03 Å². The van der Waals surface area contributed by atoms with E-state index < -0.39 is 6.67 Å². The number of halogens is 1. The lowest BCUT2D eigenvalue weighted by molar-refractivity contribution is 0.239. The molecule has 0 bridgehead atoms. The van der Waals surface area contributed by atoms with Crippen molar-refractivity contribution in [3.63, 3.8) is 0 Å². The van der Waals surface area contributed by atoms with Crippen LogP contribution in [0, 0.1) is 13.8 Å². The average Bonchev–Trinajstić information content (AvgIpc) is 2.25. The lowest BCUT2D eigenvalue weighted by atomic mass is 10.0. The molecule has 0 aromatic heterocycles. The lowest BCUT2D eigenvalue weighted by Gasteiger charge is -2.11. The number of hydrogen-bond acceptors (Lipinski definition) is 1. The van der Waals surface area contributed by atoms with Gasteiger partial charge in [-0.3, -0.25) is 0 Å². The largest absolute Gasteiger partial charge is 0.336 e. The predicted molar refractivity (Wildman–Crippen MR) is 62.1 cm³/mol. The van der Waals surface area contributed by atoms with Gasteiger partial charge in [0.15, 0.2) is 0 Å². The monoisotopic (exact) mass is 224 g/mol. The van der Waals surface area contributed by atoms with Crippen molar-refractivity contribution in [1.82, 2.24) is 10.6 Å². The van der Waals surface area contributed by atoms with E-state index in [0.717, 1.165) is 16.7 Å². The molecule has 3 nitrogen and oxygen atoms in total. The van der Waals surface area contributed by atoms with E-state index >= 15 is 0 Å². The van der Waals surface area contributed by atoms with Gasteiger partial charge in [0.25, 0.3) is 0 Å². The molecule has 4 heteroatoms. The molecule has 0 heterocycles. The Balaban J connectivity index is 2.51. The number of hydrogen-bond donors (Lipinski definition) is 2. The van der Waals surface area contributed by atoms with E-state index in [1.807, 2.05) is 32.0 Å². The molecular weight excluding hydrogens is 207 g/mol. The van der Waals surface area contributed by atoms with Crippen LogP contribution in [-0.4, -0.2) is 19.3 Å². The number of carbonyl (C=O) groups is 1. The van der Waals surface area contributed by atoms with Gasteiger partial charge < -0.3 is 10.6 Å². The Morgan fingerprint density at radius 3 is 2.44 bits per heavy atom. The number of aryl methyl sites for hydroxylation is 2. The molecule has 0 aliphatic carbocycles. The second kappa shape index (κ2) is 6.10. The Kier molecular flexibility index (Phi) is 4.76. The van der Waals surface area contributed by atoms with Crippen molar-refractivity contribution in [2.45, 2.75) is 20.4 Å². The molecule has 0 unspecified atom stereocenters. The van der Waals surface area contributed by atoms with Gasteiger partial charge in [-0.2, -0.15) is 0 Å². The molecule has 0 atom stereocenters. The molecule has 1 aromatic carbocycles. The number of urea groups is 1. The first kappa shape index (κ1) is 12.5. The summed E-state index contributed by atoms with van der Waals surface area (Å²) < 4.78 is 11.8. The molecule has 1 aromatic rings. The van der Waals surface area contributed by atoms with Crippen molar-refractivity contribution >= 4 is 6.03 Å². The highest BCUT2D eigenvalue weighted by Gasteiger charge is 2.04. The standard InChI is InChI=1S/C12H17FN2O/c1-9-4-3-5-10(2)11(9)8-15-12(16)14-7-6-13/h3-5H,6-8H2,1-2H3,(H2,14,15,16). The zero-order valence-electron chi connectivity index (χ0n) is 9.64. The minimum atomic E-state index is -0.545. The van der Waals surface area contributed by atoms with E-state index in [4.69, 9.17) is 0 Å². The van der Waals surface area contributed by atoms with Crippen LogP contribution in [0.2, 0.25) is 0 Å². The third kappa shape index (κ3) is 3.53. The van der Waals surface area contributed by atoms with Crippen molar-refractivity contribution in [3.8, 4) is 0 Å². The molecule has 0 saturated heterocycles.